The number of anilines is 3. The number of hydrogen-bond donors (Lipinski definition) is 0. The van der Waals surface area contributed by atoms with Crippen LogP contribution in [0.25, 0.3) is 27.6 Å². The van der Waals surface area contributed by atoms with Crippen LogP contribution in [0.5, 0.6) is 11.5 Å². The van der Waals surface area contributed by atoms with Gasteiger partial charge in [-0.2, -0.15) is 0 Å². The molecule has 1 unspecified atom stereocenters. The number of nitrogens with zero attached hydrogens (tertiary/aromatic N) is 3. The van der Waals surface area contributed by atoms with Gasteiger partial charge in [-0.1, -0.05) is 152 Å². The molecule has 9 aromatic rings. The topological polar surface area (TPSA) is 29.8 Å². The molecule has 1 atom stereocenters. The maximum Gasteiger partial charge on any atom is 0.134 e. The molecule has 4 heteroatoms. The first-order valence-corrected chi connectivity index (χ1v) is 20.1. The number of allylic oxidation sites excluding steroid dienone is 1. The smallest absolute Gasteiger partial charge is 0.134 e. The first-order valence-electron chi connectivity index (χ1n) is 20.1. The molecule has 4 heterocycles. The van der Waals surface area contributed by atoms with Gasteiger partial charge in [-0.3, -0.25) is 4.57 Å². The second-order valence-corrected chi connectivity index (χ2v) is 15.4. The molecule has 0 saturated heterocycles. The molecule has 0 aliphatic carbocycles. The Labute approximate surface area is 337 Å². The van der Waals surface area contributed by atoms with Gasteiger partial charge >= 0.3 is 0 Å². The highest BCUT2D eigenvalue weighted by Gasteiger charge is 2.51. The zero-order valence-electron chi connectivity index (χ0n) is 31.7. The second kappa shape index (κ2) is 12.8. The minimum absolute atomic E-state index is 0.159. The number of aromatic nitrogens is 1. The van der Waals surface area contributed by atoms with E-state index >= 15 is 0 Å². The fourth-order valence-corrected chi connectivity index (χ4v) is 9.95. The van der Waals surface area contributed by atoms with Crippen LogP contribution < -0.4 is 9.64 Å². The largest absolute Gasteiger partial charge is 0.457 e. The lowest BCUT2D eigenvalue weighted by molar-refractivity contribution is 0.435. The molecule has 0 radical (unpaired) electrons. The number of aliphatic imine (C=N–C) groups is 1. The van der Waals surface area contributed by atoms with Gasteiger partial charge in [0, 0.05) is 46.0 Å². The van der Waals surface area contributed by atoms with Crippen molar-refractivity contribution in [3.8, 4) is 11.5 Å². The Bertz CT molecular complexity index is 3080. The Hall–Kier alpha value is -7.43. The molecule has 0 N–H and O–H groups in total. The molecule has 274 valence electrons. The number of benzene rings is 8. The minimum atomic E-state index is -0.665. The lowest BCUT2D eigenvalue weighted by atomic mass is 9.61. The Morgan fingerprint density at radius 3 is 1.84 bits per heavy atom. The van der Waals surface area contributed by atoms with Crippen molar-refractivity contribution in [2.24, 2.45) is 4.99 Å². The number of ether oxygens (including phenoxy) is 1. The fraction of sp³-hybridized carbons (Fsp3) is 0.0556. The normalized spacial score (nSPS) is 16.1. The van der Waals surface area contributed by atoms with Crippen molar-refractivity contribution in [1.82, 2.24) is 4.57 Å². The SMILES string of the molecule is C1=C(n2c3ccccc3c3cc4c(cc32)Oc2ccccc2C42c3ccccc3N(c3ccccc3)c3ccccc32)N=C(c2ccccc2)CC1c1ccccc1. The van der Waals surface area contributed by atoms with Crippen LogP contribution in [-0.2, 0) is 5.41 Å². The molecule has 4 nitrogen and oxygen atoms in total. The first-order chi connectivity index (χ1) is 28.8. The number of fused-ring (bicyclic) bond motifs is 11. The predicted molar refractivity (Wildman–Crippen MR) is 237 cm³/mol. The van der Waals surface area contributed by atoms with E-state index in [1.54, 1.807) is 0 Å². The standard InChI is InChI=1S/C54H37N3O/c1-4-18-36(19-5-1)38-32-46(37-20-6-2-7-21-37)55-53(33-38)57-47-28-14-10-24-40(47)41-34-45-52(35-50(41)57)58-51-31-17-13-27-44(51)54(45)42-25-11-15-29-48(42)56(39-22-8-3-9-23-39)49-30-16-12-26-43(49)54/h1-31,33-35,38H,32H2. The average Bonchev–Trinajstić information content (AvgIpc) is 3.62. The molecule has 8 aromatic carbocycles. The summed E-state index contributed by atoms with van der Waals surface area (Å²) in [5.74, 6) is 2.78. The third-order valence-electron chi connectivity index (χ3n) is 12.4. The Balaban J connectivity index is 1.16. The minimum Gasteiger partial charge on any atom is -0.457 e. The van der Waals surface area contributed by atoms with Crippen molar-refractivity contribution < 1.29 is 4.74 Å². The average molecular weight is 744 g/mol. The van der Waals surface area contributed by atoms with E-state index in [1.165, 1.54) is 22.1 Å². The van der Waals surface area contributed by atoms with Gasteiger partial charge < -0.3 is 9.64 Å². The van der Waals surface area contributed by atoms with E-state index in [-0.39, 0.29) is 5.92 Å². The Morgan fingerprint density at radius 2 is 1.10 bits per heavy atom. The van der Waals surface area contributed by atoms with E-state index < -0.39 is 5.41 Å². The zero-order valence-corrected chi connectivity index (χ0v) is 31.7. The van der Waals surface area contributed by atoms with Crippen molar-refractivity contribution in [3.63, 3.8) is 0 Å². The van der Waals surface area contributed by atoms with E-state index in [1.807, 2.05) is 0 Å². The van der Waals surface area contributed by atoms with Crippen LogP contribution in [0, 0.1) is 0 Å². The van der Waals surface area contributed by atoms with Gasteiger partial charge in [-0.05, 0) is 70.8 Å². The second-order valence-electron chi connectivity index (χ2n) is 15.4. The van der Waals surface area contributed by atoms with Crippen LogP contribution in [-0.4, -0.2) is 10.3 Å². The highest BCUT2D eigenvalue weighted by molar-refractivity contribution is 6.12. The highest BCUT2D eigenvalue weighted by atomic mass is 16.5. The Morgan fingerprint density at radius 1 is 0.500 bits per heavy atom. The van der Waals surface area contributed by atoms with Crippen LogP contribution in [0.3, 0.4) is 0 Å². The van der Waals surface area contributed by atoms with E-state index in [2.05, 4.69) is 216 Å². The van der Waals surface area contributed by atoms with Crippen LogP contribution in [0.1, 0.15) is 45.7 Å². The van der Waals surface area contributed by atoms with Crippen LogP contribution in [0.2, 0.25) is 0 Å². The lowest BCUT2D eigenvalue weighted by Gasteiger charge is -2.48. The summed E-state index contributed by atoms with van der Waals surface area (Å²) in [6.45, 7) is 0. The molecule has 1 spiro atoms. The summed E-state index contributed by atoms with van der Waals surface area (Å²) in [5.41, 5.74) is 13.1. The van der Waals surface area contributed by atoms with Crippen molar-refractivity contribution >= 4 is 50.4 Å². The van der Waals surface area contributed by atoms with Crippen LogP contribution in [0.15, 0.2) is 211 Å². The molecule has 0 amide bonds. The van der Waals surface area contributed by atoms with Gasteiger partial charge in [0.1, 0.15) is 17.3 Å². The summed E-state index contributed by atoms with van der Waals surface area (Å²) in [4.78, 5) is 7.91. The van der Waals surface area contributed by atoms with Gasteiger partial charge in [0.25, 0.3) is 0 Å². The lowest BCUT2D eigenvalue weighted by Crippen LogP contribution is -2.39. The maximum atomic E-state index is 7.09. The summed E-state index contributed by atoms with van der Waals surface area (Å²) in [6.07, 6.45) is 3.18. The predicted octanol–water partition coefficient (Wildman–Crippen LogP) is 13.5. The van der Waals surface area contributed by atoms with Gasteiger partial charge in [0.15, 0.2) is 0 Å². The fourth-order valence-electron chi connectivity index (χ4n) is 9.95. The summed E-state index contributed by atoms with van der Waals surface area (Å²) in [5, 5.41) is 2.34. The van der Waals surface area contributed by atoms with Crippen molar-refractivity contribution in [3.05, 3.63) is 240 Å². The van der Waals surface area contributed by atoms with E-state index in [9.17, 15) is 0 Å². The van der Waals surface area contributed by atoms with Crippen LogP contribution in [0.4, 0.5) is 17.1 Å². The summed E-state index contributed by atoms with van der Waals surface area (Å²) >= 11 is 0. The molecule has 3 aliphatic rings. The molecule has 3 aliphatic heterocycles. The third kappa shape index (κ3) is 4.72. The molecule has 58 heavy (non-hydrogen) atoms. The Kier molecular flexibility index (Phi) is 7.24. The van der Waals surface area contributed by atoms with Crippen LogP contribution >= 0.6 is 0 Å². The van der Waals surface area contributed by atoms with Crippen molar-refractivity contribution in [1.29, 1.82) is 0 Å². The summed E-state index contributed by atoms with van der Waals surface area (Å²) in [6, 6.07) is 72.1. The third-order valence-corrected chi connectivity index (χ3v) is 12.4. The molecule has 1 aromatic heterocycles. The summed E-state index contributed by atoms with van der Waals surface area (Å²) in [7, 11) is 0. The van der Waals surface area contributed by atoms with Crippen molar-refractivity contribution in [2.75, 3.05) is 4.90 Å². The molecular weight excluding hydrogens is 707 g/mol. The quantitative estimate of drug-likeness (QED) is 0.180. The highest BCUT2D eigenvalue weighted by Crippen LogP contribution is 2.63. The molecular formula is C54H37N3O. The van der Waals surface area contributed by atoms with Gasteiger partial charge in [-0.15, -0.1) is 0 Å². The maximum absolute atomic E-state index is 7.09. The van der Waals surface area contributed by atoms with E-state index in [4.69, 9.17) is 9.73 Å². The van der Waals surface area contributed by atoms with Crippen molar-refractivity contribution in [2.45, 2.75) is 17.8 Å². The molecule has 0 saturated carbocycles. The number of para-hydroxylation sites is 5. The first kappa shape index (κ1) is 32.8. The van der Waals surface area contributed by atoms with E-state index in [0.29, 0.717) is 0 Å². The summed E-state index contributed by atoms with van der Waals surface area (Å²) < 4.78 is 9.45. The molecule has 12 rings (SSSR count). The monoisotopic (exact) mass is 743 g/mol. The van der Waals surface area contributed by atoms with Gasteiger partial charge in [0.05, 0.1) is 33.5 Å². The van der Waals surface area contributed by atoms with Gasteiger partial charge in [0.2, 0.25) is 0 Å². The molecule has 0 bridgehead atoms. The number of rotatable bonds is 4. The van der Waals surface area contributed by atoms with Gasteiger partial charge in [-0.25, -0.2) is 4.99 Å². The number of hydrogen-bond acceptors (Lipinski definition) is 3. The van der Waals surface area contributed by atoms with E-state index in [0.717, 1.165) is 79.6 Å². The zero-order chi connectivity index (χ0) is 38.2. The molecule has 0 fully saturated rings.